The first-order valence-corrected chi connectivity index (χ1v) is 8.80. The van der Waals surface area contributed by atoms with Gasteiger partial charge in [0.2, 0.25) is 0 Å². The number of pyridine rings is 1. The Morgan fingerprint density at radius 1 is 1.30 bits per heavy atom. The van der Waals surface area contributed by atoms with Crippen molar-refractivity contribution in [2.24, 2.45) is 0 Å². The molecule has 0 bridgehead atoms. The summed E-state index contributed by atoms with van der Waals surface area (Å²) in [6.07, 6.45) is 2.10. The van der Waals surface area contributed by atoms with Crippen molar-refractivity contribution >= 4 is 28.0 Å². The van der Waals surface area contributed by atoms with Gasteiger partial charge in [-0.05, 0) is 42.7 Å². The normalized spacial score (nSPS) is 11.7. The molecule has 0 fully saturated rings. The number of nitrogens with one attached hydrogen (secondary N) is 1. The number of aromatic amines is 1. The highest BCUT2D eigenvalue weighted by Crippen LogP contribution is 2.35. The van der Waals surface area contributed by atoms with Crippen molar-refractivity contribution in [1.82, 2.24) is 19.7 Å². The highest BCUT2D eigenvalue weighted by molar-refractivity contribution is 5.93. The summed E-state index contributed by atoms with van der Waals surface area (Å²) >= 11 is 0. The Morgan fingerprint density at radius 3 is 2.70 bits per heavy atom. The van der Waals surface area contributed by atoms with Gasteiger partial charge in [0.15, 0.2) is 5.65 Å². The van der Waals surface area contributed by atoms with E-state index in [-0.39, 0.29) is 18.2 Å². The molecule has 7 heteroatoms. The number of H-pyrrole nitrogens is 1. The lowest BCUT2D eigenvalue weighted by molar-refractivity contribution is -0.136. The minimum atomic E-state index is -0.852. The molecule has 0 saturated heterocycles. The zero-order chi connectivity index (χ0) is 19.1. The van der Waals surface area contributed by atoms with Crippen LogP contribution in [0, 0.1) is 5.82 Å². The Morgan fingerprint density at radius 2 is 2.04 bits per heavy atom. The van der Waals surface area contributed by atoms with Gasteiger partial charge < -0.3 is 9.67 Å². The van der Waals surface area contributed by atoms with Crippen LogP contribution in [-0.4, -0.2) is 30.8 Å². The number of aromatic nitrogens is 4. The number of hydrogen-bond acceptors (Lipinski definition) is 3. The number of nitrogens with zero attached hydrogens (tertiary/aromatic N) is 3. The molecule has 1 aromatic carbocycles. The molecular weight excluding hydrogens is 347 g/mol. The number of halogens is 1. The summed E-state index contributed by atoms with van der Waals surface area (Å²) in [4.78, 5) is 15.9. The molecule has 0 unspecified atom stereocenters. The number of hydrogen-bond donors (Lipinski definition) is 2. The Balaban J connectivity index is 2.07. The van der Waals surface area contributed by atoms with Crippen molar-refractivity contribution < 1.29 is 14.3 Å². The number of carbonyl (C=O) groups is 1. The monoisotopic (exact) mass is 366 g/mol. The molecule has 27 heavy (non-hydrogen) atoms. The van der Waals surface area contributed by atoms with Crippen molar-refractivity contribution in [1.29, 1.82) is 0 Å². The highest BCUT2D eigenvalue weighted by atomic mass is 19.1. The largest absolute Gasteiger partial charge is 0.481 e. The Bertz CT molecular complexity index is 1140. The summed E-state index contributed by atoms with van der Waals surface area (Å²) in [6.45, 7) is 4.12. The van der Waals surface area contributed by atoms with Crippen molar-refractivity contribution in [2.75, 3.05) is 0 Å². The van der Waals surface area contributed by atoms with Crippen molar-refractivity contribution in [3.63, 3.8) is 0 Å². The molecule has 3 aromatic heterocycles. The van der Waals surface area contributed by atoms with Gasteiger partial charge in [0.25, 0.3) is 0 Å². The third-order valence-electron chi connectivity index (χ3n) is 4.70. The second-order valence-electron chi connectivity index (χ2n) is 6.89. The summed E-state index contributed by atoms with van der Waals surface area (Å²) < 4.78 is 15.5. The molecule has 0 aliphatic heterocycles. The van der Waals surface area contributed by atoms with Gasteiger partial charge in [0.1, 0.15) is 5.82 Å². The minimum Gasteiger partial charge on any atom is -0.481 e. The number of fused-ring (bicyclic) bond motifs is 2. The topological polar surface area (TPSA) is 83.8 Å². The van der Waals surface area contributed by atoms with Gasteiger partial charge in [0, 0.05) is 28.8 Å². The second-order valence-corrected chi connectivity index (χ2v) is 6.89. The van der Waals surface area contributed by atoms with E-state index in [1.165, 1.54) is 12.1 Å². The first-order valence-electron chi connectivity index (χ1n) is 8.80. The van der Waals surface area contributed by atoms with E-state index in [2.05, 4.69) is 28.6 Å². The van der Waals surface area contributed by atoms with Crippen LogP contribution in [0.1, 0.15) is 37.4 Å². The molecule has 0 radical (unpaired) electrons. The van der Waals surface area contributed by atoms with E-state index >= 15 is 0 Å². The average molecular weight is 366 g/mol. The maximum Gasteiger partial charge on any atom is 0.303 e. The quantitative estimate of drug-likeness (QED) is 0.555. The van der Waals surface area contributed by atoms with E-state index in [0.717, 1.165) is 33.4 Å². The first kappa shape index (κ1) is 17.2. The lowest BCUT2D eigenvalue weighted by atomic mass is 10.0. The van der Waals surface area contributed by atoms with Crippen molar-refractivity contribution in [3.8, 4) is 5.69 Å². The molecule has 4 aromatic rings. The molecule has 3 heterocycles. The van der Waals surface area contributed by atoms with Gasteiger partial charge in [0.05, 0.1) is 17.2 Å². The Hall–Kier alpha value is -3.22. The molecule has 0 spiro atoms. The predicted octanol–water partition coefficient (Wildman–Crippen LogP) is 4.18. The van der Waals surface area contributed by atoms with Gasteiger partial charge >= 0.3 is 5.97 Å². The van der Waals surface area contributed by atoms with Gasteiger partial charge in [-0.3, -0.25) is 9.89 Å². The lowest BCUT2D eigenvalue weighted by Crippen LogP contribution is -2.06. The zero-order valence-corrected chi connectivity index (χ0v) is 15.0. The SMILES string of the molecule is CC(C)c1c(CCC(=O)O)c2nc3[nH]ncc3cc2n1-c1ccc(F)cc1. The fourth-order valence-electron chi connectivity index (χ4n) is 3.60. The third-order valence-corrected chi connectivity index (χ3v) is 4.70. The molecule has 0 aliphatic carbocycles. The second kappa shape index (κ2) is 6.50. The van der Waals surface area contributed by atoms with E-state index < -0.39 is 5.97 Å². The predicted molar refractivity (Wildman–Crippen MR) is 101 cm³/mol. The summed E-state index contributed by atoms with van der Waals surface area (Å²) in [5, 5.41) is 17.0. The molecule has 138 valence electrons. The number of rotatable bonds is 5. The summed E-state index contributed by atoms with van der Waals surface area (Å²) in [7, 11) is 0. The standard InChI is InChI=1S/C20H19FN4O2/c1-11(2)19-15(7-8-17(26)27)18-16(9-12-10-22-24-20(12)23-18)25(19)14-5-3-13(21)4-6-14/h3-6,9-11H,7-8H2,1-2H3,(H,26,27)(H,22,23,24). The van der Waals surface area contributed by atoms with Crippen LogP contribution in [0.25, 0.3) is 27.8 Å². The molecule has 0 amide bonds. The van der Waals surface area contributed by atoms with Crippen LogP contribution in [-0.2, 0) is 11.2 Å². The number of benzene rings is 1. The maximum absolute atomic E-state index is 13.5. The van der Waals surface area contributed by atoms with Crippen LogP contribution in [0.2, 0.25) is 0 Å². The van der Waals surface area contributed by atoms with Crippen LogP contribution in [0.15, 0.2) is 36.5 Å². The van der Waals surface area contributed by atoms with E-state index in [1.807, 2.05) is 6.07 Å². The molecular formula is C20H19FN4O2. The summed E-state index contributed by atoms with van der Waals surface area (Å²) in [5.74, 6) is -1.03. The Kier molecular flexibility index (Phi) is 4.14. The van der Waals surface area contributed by atoms with E-state index in [9.17, 15) is 14.3 Å². The van der Waals surface area contributed by atoms with Crippen molar-refractivity contribution in [2.45, 2.75) is 32.6 Å². The summed E-state index contributed by atoms with van der Waals surface area (Å²) in [6, 6.07) is 8.28. The van der Waals surface area contributed by atoms with E-state index in [0.29, 0.717) is 12.1 Å². The van der Waals surface area contributed by atoms with E-state index in [4.69, 9.17) is 4.98 Å². The van der Waals surface area contributed by atoms with Crippen LogP contribution >= 0.6 is 0 Å². The number of carboxylic acid groups (broad SMARTS) is 1. The molecule has 2 N–H and O–H groups in total. The molecule has 0 atom stereocenters. The van der Waals surface area contributed by atoms with Crippen molar-refractivity contribution in [3.05, 3.63) is 53.6 Å². The fraction of sp³-hybridized carbons (Fsp3) is 0.250. The van der Waals surface area contributed by atoms with Crippen LogP contribution in [0.3, 0.4) is 0 Å². The highest BCUT2D eigenvalue weighted by Gasteiger charge is 2.23. The van der Waals surface area contributed by atoms with Crippen LogP contribution < -0.4 is 0 Å². The third kappa shape index (κ3) is 2.95. The average Bonchev–Trinajstić information content (AvgIpc) is 3.20. The smallest absolute Gasteiger partial charge is 0.303 e. The van der Waals surface area contributed by atoms with Gasteiger partial charge in [-0.25, -0.2) is 9.37 Å². The first-order chi connectivity index (χ1) is 13.0. The summed E-state index contributed by atoms with van der Waals surface area (Å²) in [5.41, 5.74) is 4.98. The molecule has 4 rings (SSSR count). The maximum atomic E-state index is 13.5. The minimum absolute atomic E-state index is 0.0188. The lowest BCUT2D eigenvalue weighted by Gasteiger charge is -2.15. The van der Waals surface area contributed by atoms with Gasteiger partial charge in [-0.1, -0.05) is 13.8 Å². The number of aryl methyl sites for hydroxylation is 1. The molecule has 6 nitrogen and oxygen atoms in total. The van der Waals surface area contributed by atoms with Crippen LogP contribution in [0.5, 0.6) is 0 Å². The van der Waals surface area contributed by atoms with Crippen LogP contribution in [0.4, 0.5) is 4.39 Å². The Labute approximate surface area is 154 Å². The zero-order valence-electron chi connectivity index (χ0n) is 15.0. The fourth-order valence-corrected chi connectivity index (χ4v) is 3.60. The number of carboxylic acids is 1. The van der Waals surface area contributed by atoms with Gasteiger partial charge in [-0.2, -0.15) is 5.10 Å². The van der Waals surface area contributed by atoms with E-state index in [1.54, 1.807) is 18.3 Å². The number of aliphatic carboxylic acids is 1. The van der Waals surface area contributed by atoms with Gasteiger partial charge in [-0.15, -0.1) is 0 Å². The molecule has 0 aliphatic rings. The molecule has 0 saturated carbocycles.